The van der Waals surface area contributed by atoms with Crippen molar-refractivity contribution in [2.75, 3.05) is 0 Å². The topological polar surface area (TPSA) is 0 Å². The Labute approximate surface area is 76.6 Å². The van der Waals surface area contributed by atoms with E-state index < -0.39 is 5.92 Å². The van der Waals surface area contributed by atoms with E-state index in [9.17, 15) is 8.78 Å². The van der Waals surface area contributed by atoms with E-state index in [2.05, 4.69) is 0 Å². The first-order valence-corrected chi connectivity index (χ1v) is 4.49. The lowest BCUT2D eigenvalue weighted by Crippen LogP contribution is -2.07. The molecule has 70 valence electrons. The van der Waals surface area contributed by atoms with Crippen molar-refractivity contribution in [3.8, 4) is 0 Å². The lowest BCUT2D eigenvalue weighted by Gasteiger charge is -2.11. The van der Waals surface area contributed by atoms with Crippen molar-refractivity contribution in [3.63, 3.8) is 0 Å². The summed E-state index contributed by atoms with van der Waals surface area (Å²) in [6.07, 6.45) is 0.501. The van der Waals surface area contributed by atoms with Crippen LogP contribution in [-0.4, -0.2) is 0 Å². The number of hydrogen-bond donors (Lipinski definition) is 0. The molecule has 1 aromatic rings. The van der Waals surface area contributed by atoms with Gasteiger partial charge in [0.1, 0.15) is 0 Å². The van der Waals surface area contributed by atoms with Crippen molar-refractivity contribution in [2.24, 2.45) is 0 Å². The second kappa shape index (κ2) is 2.53. The molecule has 0 saturated heterocycles. The summed E-state index contributed by atoms with van der Waals surface area (Å²) in [6.45, 7) is 3.77. The van der Waals surface area contributed by atoms with E-state index >= 15 is 0 Å². The molecule has 2 heteroatoms. The molecule has 0 unspecified atom stereocenters. The smallest absolute Gasteiger partial charge is 0.201 e. The second-order valence-electron chi connectivity index (χ2n) is 3.81. The largest absolute Gasteiger partial charge is 0.273 e. The Morgan fingerprint density at radius 1 is 1.23 bits per heavy atom. The van der Waals surface area contributed by atoms with Gasteiger partial charge >= 0.3 is 0 Å². The summed E-state index contributed by atoms with van der Waals surface area (Å²) in [6, 6.07) is 3.59. The van der Waals surface area contributed by atoms with E-state index in [1.54, 1.807) is 6.07 Å². The van der Waals surface area contributed by atoms with Gasteiger partial charge in [0.2, 0.25) is 0 Å². The minimum Gasteiger partial charge on any atom is -0.201 e. The van der Waals surface area contributed by atoms with Gasteiger partial charge in [0, 0.05) is 12.0 Å². The SMILES string of the molecule is Cc1cc(C)c2c(c1)C(F)(F)CC2. The maximum absolute atomic E-state index is 13.3. The highest BCUT2D eigenvalue weighted by Gasteiger charge is 2.39. The predicted molar refractivity (Wildman–Crippen MR) is 48.1 cm³/mol. The van der Waals surface area contributed by atoms with Crippen LogP contribution >= 0.6 is 0 Å². The van der Waals surface area contributed by atoms with E-state index in [-0.39, 0.29) is 12.0 Å². The quantitative estimate of drug-likeness (QED) is 0.577. The standard InChI is InChI=1S/C11H12F2/c1-7-5-8(2)9-3-4-11(12,13)10(9)6-7/h5-6H,3-4H2,1-2H3. The second-order valence-corrected chi connectivity index (χ2v) is 3.81. The fourth-order valence-corrected chi connectivity index (χ4v) is 2.07. The molecule has 0 spiro atoms. The molecule has 0 atom stereocenters. The highest BCUT2D eigenvalue weighted by Crippen LogP contribution is 2.43. The zero-order valence-electron chi connectivity index (χ0n) is 7.82. The van der Waals surface area contributed by atoms with Crippen molar-refractivity contribution in [1.82, 2.24) is 0 Å². The fraction of sp³-hybridized carbons (Fsp3) is 0.455. The highest BCUT2D eigenvalue weighted by molar-refractivity contribution is 5.43. The van der Waals surface area contributed by atoms with Crippen LogP contribution in [0.1, 0.15) is 28.7 Å². The maximum Gasteiger partial charge on any atom is 0.273 e. The van der Waals surface area contributed by atoms with Gasteiger partial charge in [-0.05, 0) is 37.5 Å². The molecule has 0 fully saturated rings. The van der Waals surface area contributed by atoms with Gasteiger partial charge in [-0.2, -0.15) is 0 Å². The molecule has 0 aliphatic heterocycles. The Morgan fingerprint density at radius 2 is 1.92 bits per heavy atom. The summed E-state index contributed by atoms with van der Waals surface area (Å²) in [4.78, 5) is 0. The van der Waals surface area contributed by atoms with Crippen LogP contribution in [0.4, 0.5) is 8.78 Å². The molecule has 0 amide bonds. The van der Waals surface area contributed by atoms with Crippen molar-refractivity contribution < 1.29 is 8.78 Å². The maximum atomic E-state index is 13.3. The first-order chi connectivity index (χ1) is 6.00. The van der Waals surface area contributed by atoms with Crippen LogP contribution in [-0.2, 0) is 12.3 Å². The number of halogens is 2. The normalized spacial score (nSPS) is 18.8. The lowest BCUT2D eigenvalue weighted by atomic mass is 10.0. The zero-order valence-corrected chi connectivity index (χ0v) is 7.82. The van der Waals surface area contributed by atoms with Crippen LogP contribution in [0.25, 0.3) is 0 Å². The van der Waals surface area contributed by atoms with Crippen molar-refractivity contribution in [2.45, 2.75) is 32.6 Å². The van der Waals surface area contributed by atoms with Crippen molar-refractivity contribution in [3.05, 3.63) is 34.4 Å². The Kier molecular flexibility index (Phi) is 1.69. The van der Waals surface area contributed by atoms with Gasteiger partial charge in [-0.15, -0.1) is 0 Å². The first kappa shape index (κ1) is 8.67. The molecule has 0 N–H and O–H groups in total. The minimum atomic E-state index is -2.59. The van der Waals surface area contributed by atoms with Crippen LogP contribution in [0, 0.1) is 13.8 Å². The molecule has 1 aliphatic rings. The van der Waals surface area contributed by atoms with E-state index in [4.69, 9.17) is 0 Å². The molecule has 13 heavy (non-hydrogen) atoms. The van der Waals surface area contributed by atoms with Crippen LogP contribution in [0.3, 0.4) is 0 Å². The monoisotopic (exact) mass is 182 g/mol. The number of benzene rings is 1. The summed E-state index contributed by atoms with van der Waals surface area (Å²) in [7, 11) is 0. The Morgan fingerprint density at radius 3 is 2.62 bits per heavy atom. The van der Waals surface area contributed by atoms with Crippen molar-refractivity contribution in [1.29, 1.82) is 0 Å². The van der Waals surface area contributed by atoms with E-state index in [0.29, 0.717) is 6.42 Å². The van der Waals surface area contributed by atoms with E-state index in [1.807, 2.05) is 19.9 Å². The third-order valence-electron chi connectivity index (χ3n) is 2.70. The molecule has 2 rings (SSSR count). The van der Waals surface area contributed by atoms with Gasteiger partial charge < -0.3 is 0 Å². The molecule has 1 aromatic carbocycles. The highest BCUT2D eigenvalue weighted by atomic mass is 19.3. The number of alkyl halides is 2. The number of hydrogen-bond acceptors (Lipinski definition) is 0. The number of rotatable bonds is 0. The predicted octanol–water partition coefficient (Wildman–Crippen LogP) is 3.34. The Bertz CT molecular complexity index is 353. The molecule has 0 bridgehead atoms. The van der Waals surface area contributed by atoms with E-state index in [0.717, 1.165) is 16.7 Å². The minimum absolute atomic E-state index is 0.0212. The third kappa shape index (κ3) is 1.25. The number of fused-ring (bicyclic) bond motifs is 1. The molecule has 0 nitrogen and oxygen atoms in total. The summed E-state index contributed by atoms with van der Waals surface area (Å²) in [5.41, 5.74) is 3.05. The molecule has 0 radical (unpaired) electrons. The zero-order chi connectivity index (χ0) is 9.64. The molecule has 0 heterocycles. The summed E-state index contributed by atoms with van der Waals surface area (Å²) in [5, 5.41) is 0. The fourth-order valence-electron chi connectivity index (χ4n) is 2.07. The third-order valence-corrected chi connectivity index (χ3v) is 2.70. The average Bonchev–Trinajstić information content (AvgIpc) is 2.28. The van der Waals surface area contributed by atoms with Crippen LogP contribution < -0.4 is 0 Å². The van der Waals surface area contributed by atoms with Crippen LogP contribution in [0.2, 0.25) is 0 Å². The number of aryl methyl sites for hydroxylation is 2. The van der Waals surface area contributed by atoms with Gasteiger partial charge in [-0.25, -0.2) is 8.78 Å². The summed E-state index contributed by atoms with van der Waals surface area (Å²) in [5.74, 6) is -2.59. The first-order valence-electron chi connectivity index (χ1n) is 4.49. The van der Waals surface area contributed by atoms with Gasteiger partial charge in [0.05, 0.1) is 0 Å². The molecule has 0 aromatic heterocycles. The van der Waals surface area contributed by atoms with Gasteiger partial charge in [-0.1, -0.05) is 11.6 Å². The van der Waals surface area contributed by atoms with E-state index in [1.165, 1.54) is 0 Å². The summed E-state index contributed by atoms with van der Waals surface area (Å²) < 4.78 is 26.6. The Balaban J connectivity index is 2.65. The lowest BCUT2D eigenvalue weighted by molar-refractivity contribution is -0.00189. The molecular formula is C11H12F2. The average molecular weight is 182 g/mol. The van der Waals surface area contributed by atoms with Gasteiger partial charge in [-0.3, -0.25) is 0 Å². The molecule has 1 aliphatic carbocycles. The molecular weight excluding hydrogens is 170 g/mol. The van der Waals surface area contributed by atoms with Gasteiger partial charge in [0.25, 0.3) is 5.92 Å². The van der Waals surface area contributed by atoms with Crippen molar-refractivity contribution >= 4 is 0 Å². The summed E-state index contributed by atoms with van der Waals surface area (Å²) >= 11 is 0. The van der Waals surface area contributed by atoms with Gasteiger partial charge in [0.15, 0.2) is 0 Å². The Hall–Kier alpha value is -0.920. The van der Waals surface area contributed by atoms with Crippen LogP contribution in [0.5, 0.6) is 0 Å². The van der Waals surface area contributed by atoms with Crippen LogP contribution in [0.15, 0.2) is 12.1 Å². The molecule has 0 saturated carbocycles.